The SMILES string of the molecule is COCCCN1C(=O)C[C@@](CC(=O)NCC2(c3ccccc3)CCOCC2)(c2ccccc2C)C1=O. The Hall–Kier alpha value is -3.03. The monoisotopic (exact) mass is 492 g/mol. The van der Waals surface area contributed by atoms with Gasteiger partial charge in [-0.1, -0.05) is 54.6 Å². The van der Waals surface area contributed by atoms with E-state index in [1.807, 2.05) is 49.4 Å². The van der Waals surface area contributed by atoms with Crippen LogP contribution in [0.15, 0.2) is 54.6 Å². The normalized spacial score (nSPS) is 21.6. The summed E-state index contributed by atoms with van der Waals surface area (Å²) in [6.45, 7) is 4.41. The number of nitrogens with zero attached hydrogens (tertiary/aromatic N) is 1. The van der Waals surface area contributed by atoms with E-state index in [0.717, 1.165) is 24.0 Å². The maximum atomic E-state index is 13.8. The molecule has 0 aliphatic carbocycles. The maximum Gasteiger partial charge on any atom is 0.240 e. The number of nitrogens with one attached hydrogen (secondary N) is 1. The quantitative estimate of drug-likeness (QED) is 0.406. The van der Waals surface area contributed by atoms with Crippen molar-refractivity contribution in [3.63, 3.8) is 0 Å². The summed E-state index contributed by atoms with van der Waals surface area (Å²) in [4.78, 5) is 41.6. The van der Waals surface area contributed by atoms with Gasteiger partial charge in [-0.05, 0) is 42.9 Å². The number of hydrogen-bond donors (Lipinski definition) is 1. The van der Waals surface area contributed by atoms with Gasteiger partial charge in [0.15, 0.2) is 0 Å². The van der Waals surface area contributed by atoms with Crippen LogP contribution in [-0.2, 0) is 34.7 Å². The molecule has 0 saturated carbocycles. The predicted octanol–water partition coefficient (Wildman–Crippen LogP) is 3.28. The molecule has 2 saturated heterocycles. The zero-order valence-corrected chi connectivity index (χ0v) is 21.3. The molecule has 3 amide bonds. The number of carbonyl (C=O) groups excluding carboxylic acids is 3. The number of likely N-dealkylation sites (tertiary alicyclic amines) is 1. The fourth-order valence-electron chi connectivity index (χ4n) is 5.67. The van der Waals surface area contributed by atoms with Crippen LogP contribution in [-0.4, -0.2) is 62.6 Å². The van der Waals surface area contributed by atoms with E-state index in [-0.39, 0.29) is 42.5 Å². The average Bonchev–Trinajstić information content (AvgIpc) is 3.13. The molecule has 2 aliphatic rings. The van der Waals surface area contributed by atoms with E-state index in [2.05, 4.69) is 17.4 Å². The highest BCUT2D eigenvalue weighted by Gasteiger charge is 2.54. The molecular formula is C29H36N2O5. The van der Waals surface area contributed by atoms with Crippen molar-refractivity contribution in [2.24, 2.45) is 0 Å². The second-order valence-electron chi connectivity index (χ2n) is 9.98. The van der Waals surface area contributed by atoms with Crippen molar-refractivity contribution in [3.05, 3.63) is 71.3 Å². The number of carbonyl (C=O) groups is 3. The molecule has 192 valence electrons. The van der Waals surface area contributed by atoms with Gasteiger partial charge in [-0.15, -0.1) is 0 Å². The second kappa shape index (κ2) is 11.4. The minimum atomic E-state index is -1.20. The molecule has 0 unspecified atom stereocenters. The summed E-state index contributed by atoms with van der Waals surface area (Å²) < 4.78 is 10.7. The Labute approximate surface area is 213 Å². The number of rotatable bonds is 10. The lowest BCUT2D eigenvalue weighted by Gasteiger charge is -2.38. The van der Waals surface area contributed by atoms with E-state index in [4.69, 9.17) is 9.47 Å². The number of benzene rings is 2. The van der Waals surface area contributed by atoms with Crippen LogP contribution in [0.1, 0.15) is 48.8 Å². The third kappa shape index (κ3) is 5.22. The van der Waals surface area contributed by atoms with Gasteiger partial charge in [-0.3, -0.25) is 19.3 Å². The largest absolute Gasteiger partial charge is 0.385 e. The first-order valence-corrected chi connectivity index (χ1v) is 12.7. The average molecular weight is 493 g/mol. The van der Waals surface area contributed by atoms with E-state index >= 15 is 0 Å². The summed E-state index contributed by atoms with van der Waals surface area (Å²) in [5.74, 6) is -0.755. The fraction of sp³-hybridized carbons (Fsp3) is 0.483. The first-order chi connectivity index (χ1) is 17.4. The minimum absolute atomic E-state index is 0.00520. The Bertz CT molecular complexity index is 1080. The third-order valence-electron chi connectivity index (χ3n) is 7.72. The van der Waals surface area contributed by atoms with E-state index in [1.165, 1.54) is 10.5 Å². The number of ether oxygens (including phenoxy) is 2. The van der Waals surface area contributed by atoms with Gasteiger partial charge in [0, 0.05) is 58.3 Å². The molecule has 0 aromatic heterocycles. The van der Waals surface area contributed by atoms with Crippen LogP contribution in [0.4, 0.5) is 0 Å². The van der Waals surface area contributed by atoms with Crippen molar-refractivity contribution in [2.45, 2.75) is 49.9 Å². The summed E-state index contributed by atoms with van der Waals surface area (Å²) in [5, 5.41) is 3.14. The van der Waals surface area contributed by atoms with Gasteiger partial charge < -0.3 is 14.8 Å². The molecule has 36 heavy (non-hydrogen) atoms. The molecule has 2 aromatic carbocycles. The van der Waals surface area contributed by atoms with Crippen LogP contribution >= 0.6 is 0 Å². The van der Waals surface area contributed by atoms with Crippen LogP contribution in [0.2, 0.25) is 0 Å². The summed E-state index contributed by atoms with van der Waals surface area (Å²) in [6, 6.07) is 17.8. The number of aryl methyl sites for hydroxylation is 1. The highest BCUT2D eigenvalue weighted by atomic mass is 16.5. The first kappa shape index (κ1) is 26.0. The topological polar surface area (TPSA) is 84.9 Å². The van der Waals surface area contributed by atoms with Gasteiger partial charge in [-0.2, -0.15) is 0 Å². The van der Waals surface area contributed by atoms with Crippen LogP contribution in [0.25, 0.3) is 0 Å². The van der Waals surface area contributed by atoms with Crippen molar-refractivity contribution in [1.82, 2.24) is 10.2 Å². The molecule has 0 bridgehead atoms. The van der Waals surface area contributed by atoms with Gasteiger partial charge in [0.25, 0.3) is 0 Å². The van der Waals surface area contributed by atoms with Gasteiger partial charge in [0.05, 0.1) is 5.41 Å². The molecule has 7 heteroatoms. The van der Waals surface area contributed by atoms with Crippen molar-refractivity contribution < 1.29 is 23.9 Å². The van der Waals surface area contributed by atoms with E-state index in [0.29, 0.717) is 32.8 Å². The number of methoxy groups -OCH3 is 1. The van der Waals surface area contributed by atoms with E-state index in [1.54, 1.807) is 7.11 Å². The fourth-order valence-corrected chi connectivity index (χ4v) is 5.67. The predicted molar refractivity (Wildman–Crippen MR) is 136 cm³/mol. The van der Waals surface area contributed by atoms with Crippen LogP contribution < -0.4 is 5.32 Å². The number of imide groups is 1. The summed E-state index contributed by atoms with van der Waals surface area (Å²) >= 11 is 0. The Kier molecular flexibility index (Phi) is 8.21. The maximum absolute atomic E-state index is 13.8. The zero-order valence-electron chi connectivity index (χ0n) is 21.3. The molecule has 2 aliphatic heterocycles. The highest BCUT2D eigenvalue weighted by molar-refractivity contribution is 6.11. The molecule has 1 atom stereocenters. The van der Waals surface area contributed by atoms with E-state index in [9.17, 15) is 14.4 Å². The molecule has 2 heterocycles. The van der Waals surface area contributed by atoms with Crippen molar-refractivity contribution in [1.29, 1.82) is 0 Å². The molecule has 2 aromatic rings. The number of amides is 3. The third-order valence-corrected chi connectivity index (χ3v) is 7.72. The Balaban J connectivity index is 1.57. The van der Waals surface area contributed by atoms with Crippen LogP contribution in [0, 0.1) is 6.92 Å². The molecule has 1 N–H and O–H groups in total. The van der Waals surface area contributed by atoms with Crippen molar-refractivity contribution in [3.8, 4) is 0 Å². The van der Waals surface area contributed by atoms with Crippen molar-refractivity contribution >= 4 is 17.7 Å². The number of hydrogen-bond acceptors (Lipinski definition) is 5. The minimum Gasteiger partial charge on any atom is -0.385 e. The van der Waals surface area contributed by atoms with Crippen LogP contribution in [0.5, 0.6) is 0 Å². The lowest BCUT2D eigenvalue weighted by Crippen LogP contribution is -2.47. The van der Waals surface area contributed by atoms with Gasteiger partial charge >= 0.3 is 0 Å². The lowest BCUT2D eigenvalue weighted by atomic mass is 9.73. The van der Waals surface area contributed by atoms with Crippen molar-refractivity contribution in [2.75, 3.05) is 40.0 Å². The van der Waals surface area contributed by atoms with Crippen LogP contribution in [0.3, 0.4) is 0 Å². The Morgan fingerprint density at radius 2 is 1.75 bits per heavy atom. The molecule has 0 spiro atoms. The molecule has 2 fully saturated rings. The Morgan fingerprint density at radius 1 is 1.06 bits per heavy atom. The summed E-state index contributed by atoms with van der Waals surface area (Å²) in [5.41, 5.74) is 1.41. The zero-order chi connectivity index (χ0) is 25.6. The Morgan fingerprint density at radius 3 is 2.44 bits per heavy atom. The first-order valence-electron chi connectivity index (χ1n) is 12.7. The molecule has 7 nitrogen and oxygen atoms in total. The van der Waals surface area contributed by atoms with Gasteiger partial charge in [0.1, 0.15) is 0 Å². The lowest BCUT2D eigenvalue weighted by molar-refractivity contribution is -0.141. The summed E-state index contributed by atoms with van der Waals surface area (Å²) in [6.07, 6.45) is 2.11. The molecular weight excluding hydrogens is 456 g/mol. The standard InChI is InChI=1S/C29H36N2O5/c1-22-9-6-7-12-24(22)29(20-26(33)31(27(29)34)15-8-16-35-2)19-25(32)30-21-28(13-17-36-18-14-28)23-10-4-3-5-11-23/h3-7,9-12H,8,13-21H2,1-2H3,(H,30,32)/t29-/m0/s1. The summed E-state index contributed by atoms with van der Waals surface area (Å²) in [7, 11) is 1.59. The molecule has 0 radical (unpaired) electrons. The smallest absolute Gasteiger partial charge is 0.240 e. The van der Waals surface area contributed by atoms with Gasteiger partial charge in [-0.25, -0.2) is 0 Å². The second-order valence-corrected chi connectivity index (χ2v) is 9.98. The van der Waals surface area contributed by atoms with Gasteiger partial charge in [0.2, 0.25) is 17.7 Å². The molecule has 4 rings (SSSR count). The van der Waals surface area contributed by atoms with E-state index < -0.39 is 5.41 Å². The highest BCUT2D eigenvalue weighted by Crippen LogP contribution is 2.41.